The summed E-state index contributed by atoms with van der Waals surface area (Å²) in [6.45, 7) is 0. The van der Waals surface area contributed by atoms with Crippen LogP contribution in [0.4, 0.5) is 5.69 Å². The van der Waals surface area contributed by atoms with Gasteiger partial charge in [-0.05, 0) is 87.7 Å². The summed E-state index contributed by atoms with van der Waals surface area (Å²) < 4.78 is 0. The van der Waals surface area contributed by atoms with Gasteiger partial charge in [-0.15, -0.1) is 12.4 Å². The van der Waals surface area contributed by atoms with Crippen LogP contribution >= 0.6 is 12.4 Å². The number of nitrogen functional groups attached to an aromatic ring is 1. The SMILES string of the molecule is Cl.NC1=CC=C(c2ccc(N)cc2)CC1(N)N.c1ccc2c(c1)ccc1c3c(ccc12)CCCC3. The molecule has 0 saturated heterocycles. The fourth-order valence-electron chi connectivity index (χ4n) is 5.06. The second-order valence-electron chi connectivity index (χ2n) is 9.45. The van der Waals surface area contributed by atoms with Crippen LogP contribution in [-0.2, 0) is 12.8 Å². The molecule has 0 amide bonds. The minimum atomic E-state index is -0.953. The van der Waals surface area contributed by atoms with Gasteiger partial charge in [0.15, 0.2) is 0 Å². The monoisotopic (exact) mass is 484 g/mol. The van der Waals surface area contributed by atoms with E-state index in [2.05, 4.69) is 48.5 Å². The second kappa shape index (κ2) is 10.1. The summed E-state index contributed by atoms with van der Waals surface area (Å²) in [6, 6.07) is 25.6. The number of allylic oxidation sites excluding steroid dienone is 2. The average molecular weight is 485 g/mol. The summed E-state index contributed by atoms with van der Waals surface area (Å²) in [5.74, 6) is 0. The van der Waals surface area contributed by atoms with Crippen LogP contribution in [0.15, 0.2) is 90.6 Å². The molecule has 8 N–H and O–H groups in total. The van der Waals surface area contributed by atoms with Crippen LogP contribution in [0.25, 0.3) is 27.1 Å². The molecule has 35 heavy (non-hydrogen) atoms. The van der Waals surface area contributed by atoms with E-state index in [1.54, 1.807) is 17.2 Å². The van der Waals surface area contributed by atoms with Gasteiger partial charge in [0.2, 0.25) is 0 Å². The Morgan fingerprint density at radius 2 is 1.37 bits per heavy atom. The first-order valence-corrected chi connectivity index (χ1v) is 11.9. The van der Waals surface area contributed by atoms with Gasteiger partial charge in [0.1, 0.15) is 5.66 Å². The minimum absolute atomic E-state index is 0. The number of hydrogen-bond donors (Lipinski definition) is 4. The lowest BCUT2D eigenvalue weighted by Crippen LogP contribution is -2.54. The molecule has 2 aliphatic carbocycles. The zero-order valence-electron chi connectivity index (χ0n) is 19.8. The Balaban J connectivity index is 0.000000162. The van der Waals surface area contributed by atoms with E-state index in [4.69, 9.17) is 22.9 Å². The molecule has 0 bridgehead atoms. The predicted octanol–water partition coefficient (Wildman–Crippen LogP) is 5.81. The van der Waals surface area contributed by atoms with Gasteiger partial charge in [0.05, 0.1) is 0 Å². The van der Waals surface area contributed by atoms with Crippen LogP contribution in [-0.4, -0.2) is 5.66 Å². The molecule has 2 aliphatic rings. The van der Waals surface area contributed by atoms with Crippen LogP contribution in [0.5, 0.6) is 0 Å². The Hall–Kier alpha value is -3.31. The number of nitrogens with two attached hydrogens (primary N) is 4. The van der Waals surface area contributed by atoms with Crippen molar-refractivity contribution >= 4 is 45.2 Å². The second-order valence-corrected chi connectivity index (χ2v) is 9.45. The molecule has 4 aromatic rings. The van der Waals surface area contributed by atoms with Gasteiger partial charge in [-0.25, -0.2) is 0 Å². The van der Waals surface area contributed by atoms with Gasteiger partial charge in [0.25, 0.3) is 0 Å². The maximum atomic E-state index is 5.90. The number of anilines is 1. The Morgan fingerprint density at radius 1 is 0.657 bits per heavy atom. The molecule has 0 spiro atoms. The number of benzene rings is 4. The fraction of sp³-hybridized carbons (Fsp3) is 0.200. The van der Waals surface area contributed by atoms with Gasteiger partial charge < -0.3 is 22.9 Å². The molecule has 0 atom stereocenters. The molecule has 5 heteroatoms. The highest BCUT2D eigenvalue weighted by Crippen LogP contribution is 2.33. The first kappa shape index (κ1) is 24.8. The van der Waals surface area contributed by atoms with Crippen molar-refractivity contribution in [2.45, 2.75) is 37.8 Å². The quantitative estimate of drug-likeness (QED) is 0.155. The van der Waals surface area contributed by atoms with Crippen molar-refractivity contribution in [1.82, 2.24) is 0 Å². The van der Waals surface area contributed by atoms with Crippen LogP contribution in [0, 0.1) is 0 Å². The van der Waals surface area contributed by atoms with E-state index in [-0.39, 0.29) is 12.4 Å². The van der Waals surface area contributed by atoms with E-state index in [1.807, 2.05) is 30.3 Å². The van der Waals surface area contributed by atoms with Crippen molar-refractivity contribution in [1.29, 1.82) is 0 Å². The summed E-state index contributed by atoms with van der Waals surface area (Å²) in [5.41, 5.74) is 28.8. The van der Waals surface area contributed by atoms with Crippen LogP contribution in [0.3, 0.4) is 0 Å². The first-order chi connectivity index (χ1) is 16.4. The average Bonchev–Trinajstić information content (AvgIpc) is 2.86. The molecule has 0 aliphatic heterocycles. The molecule has 0 saturated carbocycles. The fourth-order valence-corrected chi connectivity index (χ4v) is 5.06. The molecule has 4 nitrogen and oxygen atoms in total. The lowest BCUT2D eigenvalue weighted by molar-refractivity contribution is 0.523. The van der Waals surface area contributed by atoms with Crippen molar-refractivity contribution in [2.75, 3.05) is 5.73 Å². The zero-order chi connectivity index (χ0) is 23.7. The van der Waals surface area contributed by atoms with E-state index in [9.17, 15) is 0 Å². The molecule has 0 aromatic heterocycles. The van der Waals surface area contributed by atoms with Crippen molar-refractivity contribution in [2.24, 2.45) is 17.2 Å². The molecular formula is C30H33ClN4. The number of hydrogen-bond acceptors (Lipinski definition) is 4. The third-order valence-electron chi connectivity index (χ3n) is 7.02. The van der Waals surface area contributed by atoms with Gasteiger partial charge in [-0.2, -0.15) is 0 Å². The van der Waals surface area contributed by atoms with E-state index in [0.29, 0.717) is 12.1 Å². The lowest BCUT2D eigenvalue weighted by atomic mass is 9.86. The van der Waals surface area contributed by atoms with Crippen molar-refractivity contribution < 1.29 is 0 Å². The van der Waals surface area contributed by atoms with Crippen molar-refractivity contribution in [3.63, 3.8) is 0 Å². The van der Waals surface area contributed by atoms with E-state index < -0.39 is 5.66 Å². The van der Waals surface area contributed by atoms with Crippen LogP contribution < -0.4 is 22.9 Å². The van der Waals surface area contributed by atoms with E-state index >= 15 is 0 Å². The normalized spacial score (nSPS) is 16.3. The van der Waals surface area contributed by atoms with Gasteiger partial charge in [-0.3, -0.25) is 0 Å². The molecule has 180 valence electrons. The highest BCUT2D eigenvalue weighted by molar-refractivity contribution is 6.08. The molecule has 4 aromatic carbocycles. The first-order valence-electron chi connectivity index (χ1n) is 11.9. The van der Waals surface area contributed by atoms with Crippen molar-refractivity contribution in [3.05, 3.63) is 107 Å². The van der Waals surface area contributed by atoms with E-state index in [0.717, 1.165) is 16.8 Å². The zero-order valence-corrected chi connectivity index (χ0v) is 20.7. The van der Waals surface area contributed by atoms with E-state index in [1.165, 1.54) is 47.2 Å². The maximum Gasteiger partial charge on any atom is 0.109 e. The summed E-state index contributed by atoms with van der Waals surface area (Å²) in [4.78, 5) is 0. The Morgan fingerprint density at radius 3 is 2.14 bits per heavy atom. The largest absolute Gasteiger partial charge is 0.399 e. The Kier molecular flexibility index (Phi) is 7.18. The molecular weight excluding hydrogens is 452 g/mol. The minimum Gasteiger partial charge on any atom is -0.399 e. The van der Waals surface area contributed by atoms with Crippen LogP contribution in [0.1, 0.15) is 36.0 Å². The molecule has 0 unspecified atom stereocenters. The number of aryl methyl sites for hydroxylation is 2. The molecule has 0 fully saturated rings. The predicted molar refractivity (Wildman–Crippen MR) is 152 cm³/mol. The standard InChI is InChI=1S/C18H16.C12H16N4.ClH/c1-3-7-15-13(5-1)9-11-18-16-8-4-2-6-14(16)10-12-17(15)18;13-10-4-1-8(2-5-10)9-3-6-11(14)12(15,16)7-9;/h1,3,5,7,9-12H,2,4,6,8H2;1-6H,7,13-16H2;1H. The Bertz CT molecular complexity index is 1420. The summed E-state index contributed by atoms with van der Waals surface area (Å²) in [7, 11) is 0. The summed E-state index contributed by atoms with van der Waals surface area (Å²) in [6.07, 6.45) is 9.45. The highest BCUT2D eigenvalue weighted by Gasteiger charge is 2.27. The Labute approximate surface area is 213 Å². The third-order valence-corrected chi connectivity index (χ3v) is 7.02. The lowest BCUT2D eigenvalue weighted by Gasteiger charge is -2.29. The number of halogens is 1. The summed E-state index contributed by atoms with van der Waals surface area (Å²) >= 11 is 0. The van der Waals surface area contributed by atoms with Crippen LogP contribution in [0.2, 0.25) is 0 Å². The number of fused-ring (bicyclic) bond motifs is 5. The molecule has 0 radical (unpaired) electrons. The van der Waals surface area contributed by atoms with Gasteiger partial charge in [0, 0.05) is 17.8 Å². The maximum absolute atomic E-state index is 5.90. The highest BCUT2D eigenvalue weighted by atomic mass is 35.5. The topological polar surface area (TPSA) is 104 Å². The van der Waals surface area contributed by atoms with Crippen molar-refractivity contribution in [3.8, 4) is 0 Å². The van der Waals surface area contributed by atoms with Gasteiger partial charge >= 0.3 is 0 Å². The van der Waals surface area contributed by atoms with Gasteiger partial charge in [-0.1, -0.05) is 66.7 Å². The molecule has 6 rings (SSSR count). The third kappa shape index (κ3) is 5.06. The number of rotatable bonds is 1. The smallest absolute Gasteiger partial charge is 0.109 e. The summed E-state index contributed by atoms with van der Waals surface area (Å²) in [5, 5.41) is 5.64. The molecule has 0 heterocycles.